The Balaban J connectivity index is 3.38. The quantitative estimate of drug-likeness (QED) is 0.572. The highest BCUT2D eigenvalue weighted by Crippen LogP contribution is 2.35. The van der Waals surface area contributed by atoms with Crippen LogP contribution in [0.5, 0.6) is 0 Å². The summed E-state index contributed by atoms with van der Waals surface area (Å²) in [6, 6.07) is 3.80. The van der Waals surface area contributed by atoms with Crippen LogP contribution in [0.25, 0.3) is 0 Å². The van der Waals surface area contributed by atoms with Gasteiger partial charge in [0.05, 0.1) is 11.1 Å². The first-order chi connectivity index (χ1) is 6.36. The lowest BCUT2D eigenvalue weighted by Crippen LogP contribution is -2.08. The minimum atomic E-state index is -4.40. The average Bonchev–Trinajstić information content (AvgIpc) is 2.06. The second-order valence-corrected chi connectivity index (χ2v) is 4.10. The molecule has 74 valence electrons. The Morgan fingerprint density at radius 3 is 2.36 bits per heavy atom. The number of hydrogen-bond acceptors (Lipinski definition) is 2. The molecule has 0 amide bonds. The summed E-state index contributed by atoms with van der Waals surface area (Å²) in [5, 5.41) is 8.55. The first kappa shape index (κ1) is 11.7. The van der Waals surface area contributed by atoms with Crippen molar-refractivity contribution in [3.05, 3.63) is 26.8 Å². The molecule has 0 saturated carbocycles. The SMILES string of the molecule is N#Cc1cc(I)c(C(F)(F)F)cc1S. The van der Waals surface area contributed by atoms with Crippen LogP contribution in [0.2, 0.25) is 0 Å². The molecular formula is C8H3F3INS. The van der Waals surface area contributed by atoms with Crippen LogP contribution in [0, 0.1) is 14.9 Å². The van der Waals surface area contributed by atoms with Gasteiger partial charge in [0.15, 0.2) is 0 Å². The van der Waals surface area contributed by atoms with E-state index in [2.05, 4.69) is 12.6 Å². The Labute approximate surface area is 97.5 Å². The van der Waals surface area contributed by atoms with Crippen LogP contribution in [-0.2, 0) is 6.18 Å². The summed E-state index contributed by atoms with van der Waals surface area (Å²) < 4.78 is 37.0. The van der Waals surface area contributed by atoms with E-state index in [0.717, 1.165) is 6.07 Å². The monoisotopic (exact) mass is 329 g/mol. The molecule has 0 aromatic heterocycles. The van der Waals surface area contributed by atoms with Crippen molar-refractivity contribution in [3.8, 4) is 6.07 Å². The van der Waals surface area contributed by atoms with E-state index in [0.29, 0.717) is 0 Å². The fourth-order valence-electron chi connectivity index (χ4n) is 0.869. The standard InChI is InChI=1S/C8H3F3INS/c9-8(10,11)5-2-7(14)4(3-13)1-6(5)12/h1-2,14H. The number of nitrogens with zero attached hydrogens (tertiary/aromatic N) is 1. The summed E-state index contributed by atoms with van der Waals surface area (Å²) in [5.74, 6) is 0. The van der Waals surface area contributed by atoms with E-state index in [1.807, 2.05) is 0 Å². The second-order valence-electron chi connectivity index (χ2n) is 2.46. The minimum Gasteiger partial charge on any atom is -0.192 e. The zero-order chi connectivity index (χ0) is 10.9. The van der Waals surface area contributed by atoms with Gasteiger partial charge in [-0.15, -0.1) is 12.6 Å². The number of halogens is 4. The first-order valence-corrected chi connectivity index (χ1v) is 4.88. The van der Waals surface area contributed by atoms with Crippen LogP contribution in [-0.4, -0.2) is 0 Å². The largest absolute Gasteiger partial charge is 0.417 e. The third-order valence-electron chi connectivity index (χ3n) is 1.51. The highest BCUT2D eigenvalue weighted by molar-refractivity contribution is 14.1. The number of rotatable bonds is 0. The van der Waals surface area contributed by atoms with Gasteiger partial charge in [0.1, 0.15) is 6.07 Å². The van der Waals surface area contributed by atoms with Gasteiger partial charge in [0.2, 0.25) is 0 Å². The topological polar surface area (TPSA) is 23.8 Å². The highest BCUT2D eigenvalue weighted by atomic mass is 127. The minimum absolute atomic E-state index is 0.00412. The van der Waals surface area contributed by atoms with Crippen molar-refractivity contribution in [1.82, 2.24) is 0 Å². The molecule has 0 fully saturated rings. The fraction of sp³-hybridized carbons (Fsp3) is 0.125. The fourth-order valence-corrected chi connectivity index (χ4v) is 1.89. The molecule has 1 nitrogen and oxygen atoms in total. The zero-order valence-electron chi connectivity index (χ0n) is 6.56. The maximum Gasteiger partial charge on any atom is 0.417 e. The smallest absolute Gasteiger partial charge is 0.192 e. The molecule has 0 N–H and O–H groups in total. The summed E-state index contributed by atoms with van der Waals surface area (Å²) in [7, 11) is 0. The number of benzene rings is 1. The van der Waals surface area contributed by atoms with E-state index in [1.165, 1.54) is 6.07 Å². The predicted molar refractivity (Wildman–Crippen MR) is 56.1 cm³/mol. The second kappa shape index (κ2) is 3.98. The van der Waals surface area contributed by atoms with Crippen LogP contribution in [0.3, 0.4) is 0 Å². The van der Waals surface area contributed by atoms with Crippen LogP contribution >= 0.6 is 35.2 Å². The molecule has 1 rings (SSSR count). The first-order valence-electron chi connectivity index (χ1n) is 3.36. The van der Waals surface area contributed by atoms with Crippen molar-refractivity contribution in [2.45, 2.75) is 11.1 Å². The third kappa shape index (κ3) is 2.33. The van der Waals surface area contributed by atoms with Crippen molar-refractivity contribution in [2.75, 3.05) is 0 Å². The molecule has 0 aliphatic rings. The van der Waals surface area contributed by atoms with Crippen molar-refractivity contribution in [2.24, 2.45) is 0 Å². The van der Waals surface area contributed by atoms with Gasteiger partial charge >= 0.3 is 6.18 Å². The molecule has 0 spiro atoms. The van der Waals surface area contributed by atoms with Crippen LogP contribution in [0.1, 0.15) is 11.1 Å². The lowest BCUT2D eigenvalue weighted by molar-refractivity contribution is -0.138. The maximum atomic E-state index is 12.3. The zero-order valence-corrected chi connectivity index (χ0v) is 9.61. The lowest BCUT2D eigenvalue weighted by Gasteiger charge is -2.10. The molecule has 1 aromatic carbocycles. The number of hydrogen-bond donors (Lipinski definition) is 1. The lowest BCUT2D eigenvalue weighted by atomic mass is 10.1. The molecule has 1 aromatic rings. The Morgan fingerprint density at radius 2 is 1.93 bits per heavy atom. The Bertz CT molecular complexity index is 408. The molecule has 6 heteroatoms. The maximum absolute atomic E-state index is 12.3. The van der Waals surface area contributed by atoms with E-state index in [4.69, 9.17) is 5.26 Å². The van der Waals surface area contributed by atoms with Crippen LogP contribution < -0.4 is 0 Å². The number of nitriles is 1. The Kier molecular flexibility index (Phi) is 3.32. The van der Waals surface area contributed by atoms with E-state index in [-0.39, 0.29) is 14.0 Å². The number of thiol groups is 1. The molecule has 0 aliphatic heterocycles. The molecule has 14 heavy (non-hydrogen) atoms. The average molecular weight is 329 g/mol. The normalized spacial score (nSPS) is 11.1. The van der Waals surface area contributed by atoms with Crippen molar-refractivity contribution >= 4 is 35.2 Å². The van der Waals surface area contributed by atoms with Gasteiger partial charge in [-0.2, -0.15) is 18.4 Å². The van der Waals surface area contributed by atoms with Gasteiger partial charge in [0, 0.05) is 8.47 Å². The van der Waals surface area contributed by atoms with Gasteiger partial charge < -0.3 is 0 Å². The van der Waals surface area contributed by atoms with Crippen LogP contribution in [0.4, 0.5) is 13.2 Å². The molecule has 0 unspecified atom stereocenters. The predicted octanol–water partition coefficient (Wildman–Crippen LogP) is 3.47. The van der Waals surface area contributed by atoms with Gasteiger partial charge in [-0.05, 0) is 34.7 Å². The van der Waals surface area contributed by atoms with Crippen LogP contribution in [0.15, 0.2) is 17.0 Å². The third-order valence-corrected chi connectivity index (χ3v) is 2.77. The van der Waals surface area contributed by atoms with E-state index < -0.39 is 11.7 Å². The molecule has 0 saturated heterocycles. The van der Waals surface area contributed by atoms with Crippen molar-refractivity contribution < 1.29 is 13.2 Å². The van der Waals surface area contributed by atoms with Gasteiger partial charge in [-0.1, -0.05) is 0 Å². The summed E-state index contributed by atoms with van der Waals surface area (Å²) >= 11 is 5.35. The highest BCUT2D eigenvalue weighted by Gasteiger charge is 2.33. The van der Waals surface area contributed by atoms with Gasteiger partial charge in [-0.3, -0.25) is 0 Å². The van der Waals surface area contributed by atoms with E-state index >= 15 is 0 Å². The summed E-state index contributed by atoms with van der Waals surface area (Å²) in [6.07, 6.45) is -4.40. The van der Waals surface area contributed by atoms with Crippen molar-refractivity contribution in [1.29, 1.82) is 5.26 Å². The summed E-state index contributed by atoms with van der Waals surface area (Å²) in [5.41, 5.74) is -0.618. The van der Waals surface area contributed by atoms with Crippen molar-refractivity contribution in [3.63, 3.8) is 0 Å². The van der Waals surface area contributed by atoms with E-state index in [1.54, 1.807) is 28.7 Å². The molecule has 0 heterocycles. The number of alkyl halides is 3. The molecule has 0 bridgehead atoms. The molecule has 0 aliphatic carbocycles. The summed E-state index contributed by atoms with van der Waals surface area (Å²) in [4.78, 5) is 0.0419. The van der Waals surface area contributed by atoms with Gasteiger partial charge in [-0.25, -0.2) is 0 Å². The van der Waals surface area contributed by atoms with E-state index in [9.17, 15) is 13.2 Å². The Morgan fingerprint density at radius 1 is 1.36 bits per heavy atom. The molecule has 0 atom stereocenters. The molecular weight excluding hydrogens is 326 g/mol. The Hall–Kier alpha value is -0.420. The van der Waals surface area contributed by atoms with Gasteiger partial charge in [0.25, 0.3) is 0 Å². The summed E-state index contributed by atoms with van der Waals surface area (Å²) in [6.45, 7) is 0. The molecule has 0 radical (unpaired) electrons.